The van der Waals surface area contributed by atoms with Crippen molar-refractivity contribution in [2.45, 2.75) is 217 Å². The minimum Gasteiger partial charge on any atom is -0.394 e. The summed E-state index contributed by atoms with van der Waals surface area (Å²) in [5.74, 6) is -0.202. The van der Waals surface area contributed by atoms with Crippen LogP contribution in [0.5, 0.6) is 0 Å². The lowest BCUT2D eigenvalue weighted by atomic mass is 9.99. The Morgan fingerprint density at radius 1 is 0.607 bits per heavy atom. The Morgan fingerprint density at radius 2 is 1.07 bits per heavy atom. The van der Waals surface area contributed by atoms with Gasteiger partial charge in [-0.05, 0) is 77.0 Å². The van der Waals surface area contributed by atoms with Gasteiger partial charge in [-0.2, -0.15) is 0 Å². The van der Waals surface area contributed by atoms with E-state index in [1.165, 1.54) is 83.5 Å². The fraction of sp³-hybridized carbons (Fsp3) is 0.766. The van der Waals surface area contributed by atoms with E-state index in [-0.39, 0.29) is 12.5 Å². The summed E-state index contributed by atoms with van der Waals surface area (Å²) in [6.07, 6.45) is 41.1. The SMILES string of the molecule is CCCCCC/C=C\C/C=C\CCCCCCCCCC(=O)NC(COC1OC(CO)C(O)C(O)C1O)C(O)/C=C/CC/C=C/CC/C=C/CCCCCCC. The molecule has 1 rings (SSSR count). The minimum absolute atomic E-state index is 0.202. The topological polar surface area (TPSA) is 149 Å². The number of hydrogen-bond donors (Lipinski definition) is 6. The van der Waals surface area contributed by atoms with Gasteiger partial charge in [0.2, 0.25) is 5.91 Å². The summed E-state index contributed by atoms with van der Waals surface area (Å²) in [4.78, 5) is 12.9. The largest absolute Gasteiger partial charge is 0.394 e. The molecule has 1 heterocycles. The van der Waals surface area contributed by atoms with Gasteiger partial charge < -0.3 is 40.3 Å². The number of aliphatic hydroxyl groups is 5. The first-order valence-corrected chi connectivity index (χ1v) is 22.5. The van der Waals surface area contributed by atoms with Crippen molar-refractivity contribution in [3.05, 3.63) is 60.8 Å². The van der Waals surface area contributed by atoms with E-state index in [2.05, 4.69) is 67.8 Å². The summed E-state index contributed by atoms with van der Waals surface area (Å²) in [6, 6.07) is -0.833. The second-order valence-corrected chi connectivity index (χ2v) is 15.5. The Kier molecular flexibility index (Phi) is 34.5. The molecule has 9 nitrogen and oxygen atoms in total. The number of unbranched alkanes of at least 4 members (excludes halogenated alkanes) is 18. The average Bonchev–Trinajstić information content (AvgIpc) is 3.20. The van der Waals surface area contributed by atoms with Crippen LogP contribution in [0.4, 0.5) is 0 Å². The molecule has 56 heavy (non-hydrogen) atoms. The lowest BCUT2D eigenvalue weighted by Crippen LogP contribution is -2.60. The molecule has 0 bridgehead atoms. The number of ether oxygens (including phenoxy) is 2. The van der Waals surface area contributed by atoms with Crippen molar-refractivity contribution in [3.8, 4) is 0 Å². The Hall–Kier alpha value is -2.11. The fourth-order valence-electron chi connectivity index (χ4n) is 6.63. The summed E-state index contributed by atoms with van der Waals surface area (Å²) < 4.78 is 11.2. The van der Waals surface area contributed by atoms with Gasteiger partial charge in [0.25, 0.3) is 0 Å². The molecule has 0 aromatic rings. The second kappa shape index (κ2) is 37.2. The van der Waals surface area contributed by atoms with Crippen molar-refractivity contribution in [1.82, 2.24) is 5.32 Å². The van der Waals surface area contributed by atoms with Crippen molar-refractivity contribution in [2.75, 3.05) is 13.2 Å². The van der Waals surface area contributed by atoms with Gasteiger partial charge in [-0.15, -0.1) is 0 Å². The molecule has 9 heteroatoms. The number of nitrogens with one attached hydrogen (secondary N) is 1. The van der Waals surface area contributed by atoms with Crippen molar-refractivity contribution in [3.63, 3.8) is 0 Å². The number of carbonyl (C=O) groups excluding carboxylic acids is 1. The molecule has 0 radical (unpaired) electrons. The van der Waals surface area contributed by atoms with E-state index in [1.807, 2.05) is 6.08 Å². The zero-order valence-electron chi connectivity index (χ0n) is 35.4. The molecule has 0 aromatic carbocycles. The van der Waals surface area contributed by atoms with E-state index in [0.717, 1.165) is 70.6 Å². The molecule has 0 spiro atoms. The van der Waals surface area contributed by atoms with E-state index >= 15 is 0 Å². The summed E-state index contributed by atoms with van der Waals surface area (Å²) in [6.45, 7) is 3.70. The molecule has 0 saturated carbocycles. The van der Waals surface area contributed by atoms with Gasteiger partial charge in [-0.1, -0.05) is 152 Å². The lowest BCUT2D eigenvalue weighted by Gasteiger charge is -2.40. The van der Waals surface area contributed by atoms with Gasteiger partial charge >= 0.3 is 0 Å². The highest BCUT2D eigenvalue weighted by atomic mass is 16.7. The average molecular weight is 790 g/mol. The third-order valence-electron chi connectivity index (χ3n) is 10.3. The summed E-state index contributed by atoms with van der Waals surface area (Å²) in [7, 11) is 0. The molecule has 324 valence electrons. The van der Waals surface area contributed by atoms with Crippen LogP contribution in [0.15, 0.2) is 60.8 Å². The molecular formula is C47H83NO8. The van der Waals surface area contributed by atoms with E-state index < -0.39 is 49.5 Å². The molecule has 1 fully saturated rings. The van der Waals surface area contributed by atoms with Crippen LogP contribution in [0.3, 0.4) is 0 Å². The van der Waals surface area contributed by atoms with Crippen LogP contribution < -0.4 is 5.32 Å². The zero-order valence-corrected chi connectivity index (χ0v) is 35.4. The standard InChI is InChI=1S/C47H83NO8/c1-3-5-7-9-11-13-15-17-19-20-21-23-25-27-29-31-33-35-37-43(51)48-40(39-55-47-46(54)45(53)44(52)42(38-49)56-47)41(50)36-34-32-30-28-26-24-22-18-16-14-12-10-8-6-4-2/h13,15-16,18-20,26,28,34,36,40-42,44-47,49-50,52-54H,3-12,14,17,21-25,27,29-33,35,37-39H2,1-2H3,(H,48,51)/b15-13-,18-16+,20-19-,28-26+,36-34+. The smallest absolute Gasteiger partial charge is 0.220 e. The first-order valence-electron chi connectivity index (χ1n) is 22.5. The Bertz CT molecular complexity index is 1060. The number of rotatable bonds is 36. The van der Waals surface area contributed by atoms with E-state index in [0.29, 0.717) is 6.42 Å². The summed E-state index contributed by atoms with van der Waals surface area (Å²) in [5.41, 5.74) is 0. The number of amides is 1. The quantitative estimate of drug-likeness (QED) is 0.0272. The van der Waals surface area contributed by atoms with Gasteiger partial charge in [0, 0.05) is 6.42 Å². The molecule has 1 aliphatic rings. The maximum Gasteiger partial charge on any atom is 0.220 e. The third kappa shape index (κ3) is 27.5. The first kappa shape index (κ1) is 51.9. The highest BCUT2D eigenvalue weighted by Crippen LogP contribution is 2.22. The second-order valence-electron chi connectivity index (χ2n) is 15.5. The highest BCUT2D eigenvalue weighted by molar-refractivity contribution is 5.76. The predicted octanol–water partition coefficient (Wildman–Crippen LogP) is 9.22. The Balaban J connectivity index is 2.41. The molecular weight excluding hydrogens is 707 g/mol. The Labute approximate surface area is 341 Å². The molecule has 1 saturated heterocycles. The predicted molar refractivity (Wildman–Crippen MR) is 230 cm³/mol. The minimum atomic E-state index is -1.58. The number of allylic oxidation sites excluding steroid dienone is 9. The van der Waals surface area contributed by atoms with Gasteiger partial charge in [0.1, 0.15) is 24.4 Å². The molecule has 7 atom stereocenters. The van der Waals surface area contributed by atoms with Crippen LogP contribution in [0.25, 0.3) is 0 Å². The van der Waals surface area contributed by atoms with Crippen molar-refractivity contribution < 1.29 is 39.8 Å². The first-order chi connectivity index (χ1) is 27.3. The number of hydrogen-bond acceptors (Lipinski definition) is 8. The summed E-state index contributed by atoms with van der Waals surface area (Å²) in [5, 5.41) is 54.1. The monoisotopic (exact) mass is 790 g/mol. The molecule has 1 aliphatic heterocycles. The third-order valence-corrected chi connectivity index (χ3v) is 10.3. The van der Waals surface area contributed by atoms with Crippen LogP contribution in [0, 0.1) is 0 Å². The van der Waals surface area contributed by atoms with Crippen LogP contribution in [-0.2, 0) is 14.3 Å². The molecule has 0 aliphatic carbocycles. The van der Waals surface area contributed by atoms with Crippen LogP contribution in [0.2, 0.25) is 0 Å². The van der Waals surface area contributed by atoms with Crippen LogP contribution in [0.1, 0.15) is 174 Å². The zero-order chi connectivity index (χ0) is 40.9. The highest BCUT2D eigenvalue weighted by Gasteiger charge is 2.44. The van der Waals surface area contributed by atoms with Crippen LogP contribution >= 0.6 is 0 Å². The summed E-state index contributed by atoms with van der Waals surface area (Å²) >= 11 is 0. The van der Waals surface area contributed by atoms with Gasteiger partial charge in [-0.3, -0.25) is 4.79 Å². The molecule has 6 N–H and O–H groups in total. The molecule has 7 unspecified atom stereocenters. The molecule has 0 aromatic heterocycles. The normalized spacial score (nSPS) is 21.7. The molecule has 1 amide bonds. The van der Waals surface area contributed by atoms with Gasteiger partial charge in [0.05, 0.1) is 25.4 Å². The Morgan fingerprint density at radius 3 is 1.62 bits per heavy atom. The van der Waals surface area contributed by atoms with Crippen molar-refractivity contribution in [1.29, 1.82) is 0 Å². The van der Waals surface area contributed by atoms with E-state index in [9.17, 15) is 30.3 Å². The lowest BCUT2D eigenvalue weighted by molar-refractivity contribution is -0.302. The van der Waals surface area contributed by atoms with Gasteiger partial charge in [-0.25, -0.2) is 0 Å². The van der Waals surface area contributed by atoms with Crippen molar-refractivity contribution >= 4 is 5.91 Å². The maximum atomic E-state index is 12.9. The van der Waals surface area contributed by atoms with Crippen LogP contribution in [-0.4, -0.2) is 87.5 Å². The van der Waals surface area contributed by atoms with Gasteiger partial charge in [0.15, 0.2) is 6.29 Å². The van der Waals surface area contributed by atoms with E-state index in [1.54, 1.807) is 6.08 Å². The number of aliphatic hydroxyl groups excluding tert-OH is 5. The van der Waals surface area contributed by atoms with E-state index in [4.69, 9.17) is 9.47 Å². The van der Waals surface area contributed by atoms with Crippen molar-refractivity contribution in [2.24, 2.45) is 0 Å². The number of carbonyl (C=O) groups is 1. The maximum absolute atomic E-state index is 12.9. The fourth-order valence-corrected chi connectivity index (χ4v) is 6.63.